The van der Waals surface area contributed by atoms with Crippen LogP contribution in [-0.2, 0) is 26.5 Å². The summed E-state index contributed by atoms with van der Waals surface area (Å²) in [5.74, 6) is -0.0363. The van der Waals surface area contributed by atoms with Crippen LogP contribution < -0.4 is 0 Å². The van der Waals surface area contributed by atoms with E-state index < -0.39 is 5.97 Å². The Morgan fingerprint density at radius 1 is 1.24 bits per heavy atom. The van der Waals surface area contributed by atoms with E-state index in [0.29, 0.717) is 11.5 Å². The van der Waals surface area contributed by atoms with E-state index in [-0.39, 0.29) is 12.4 Å². The van der Waals surface area contributed by atoms with Crippen molar-refractivity contribution in [1.82, 2.24) is 0 Å². The van der Waals surface area contributed by atoms with Gasteiger partial charge in [0, 0.05) is 5.75 Å². The van der Waals surface area contributed by atoms with Crippen LogP contribution in [0.4, 0.5) is 0 Å². The van der Waals surface area contributed by atoms with Gasteiger partial charge >= 0.3 is 11.9 Å². The lowest BCUT2D eigenvalue weighted by atomic mass is 10.1. The molecule has 0 radical (unpaired) electrons. The van der Waals surface area contributed by atoms with Gasteiger partial charge in [0.1, 0.15) is 0 Å². The number of esters is 1. The quantitative estimate of drug-likeness (QED) is 0.783. The summed E-state index contributed by atoms with van der Waals surface area (Å²) in [6, 6.07) is 7.34. The Kier molecular flexibility index (Phi) is 5.56. The van der Waals surface area contributed by atoms with E-state index in [1.54, 1.807) is 12.1 Å². The maximum Gasteiger partial charge on any atom is 0.315 e. The molecule has 92 valence electrons. The average molecular weight is 254 g/mol. The summed E-state index contributed by atoms with van der Waals surface area (Å²) in [6.07, 6.45) is 0.0373. The fourth-order valence-electron chi connectivity index (χ4n) is 1.24. The van der Waals surface area contributed by atoms with Crippen molar-refractivity contribution >= 4 is 23.7 Å². The fourth-order valence-corrected chi connectivity index (χ4v) is 2.05. The highest BCUT2D eigenvalue weighted by Gasteiger charge is 2.02. The normalized spacial score (nSPS) is 9.94. The fraction of sp³-hybridized carbons (Fsp3) is 0.333. The molecule has 1 N–H and O–H groups in total. The van der Waals surface area contributed by atoms with Crippen molar-refractivity contribution in [3.05, 3.63) is 35.4 Å². The molecule has 1 aromatic rings. The maximum atomic E-state index is 10.9. The third kappa shape index (κ3) is 5.40. The highest BCUT2D eigenvalue weighted by Crippen LogP contribution is 2.13. The first-order valence-corrected chi connectivity index (χ1v) is 6.21. The smallest absolute Gasteiger partial charge is 0.315 e. The van der Waals surface area contributed by atoms with Gasteiger partial charge in [-0.2, -0.15) is 0 Å². The van der Waals surface area contributed by atoms with Gasteiger partial charge in [-0.05, 0) is 11.1 Å². The molecule has 1 rings (SSSR count). The number of carboxylic acid groups (broad SMARTS) is 1. The van der Waals surface area contributed by atoms with Gasteiger partial charge in [0.25, 0.3) is 0 Å². The lowest BCUT2D eigenvalue weighted by molar-refractivity contribution is -0.137. The van der Waals surface area contributed by atoms with Crippen molar-refractivity contribution in [3.8, 4) is 0 Å². The Bertz CT molecular complexity index is 386. The molecule has 5 heteroatoms. The molecule has 0 saturated heterocycles. The Hall–Kier alpha value is -1.49. The molecule has 17 heavy (non-hydrogen) atoms. The van der Waals surface area contributed by atoms with Gasteiger partial charge in [-0.15, -0.1) is 11.8 Å². The van der Waals surface area contributed by atoms with Gasteiger partial charge < -0.3 is 9.84 Å². The van der Waals surface area contributed by atoms with E-state index in [9.17, 15) is 9.59 Å². The zero-order chi connectivity index (χ0) is 12.7. The lowest BCUT2D eigenvalue weighted by Gasteiger charge is -2.02. The Morgan fingerprint density at radius 2 is 1.82 bits per heavy atom. The number of carboxylic acids is 1. The molecule has 0 unspecified atom stereocenters. The van der Waals surface area contributed by atoms with Crippen LogP contribution in [0.1, 0.15) is 11.1 Å². The molecule has 0 spiro atoms. The number of aliphatic carboxylic acids is 1. The highest BCUT2D eigenvalue weighted by molar-refractivity contribution is 7.99. The van der Waals surface area contributed by atoms with Crippen molar-refractivity contribution in [1.29, 1.82) is 0 Å². The molecule has 0 aliphatic heterocycles. The van der Waals surface area contributed by atoms with Crippen molar-refractivity contribution in [2.45, 2.75) is 12.2 Å². The Morgan fingerprint density at radius 3 is 2.35 bits per heavy atom. The number of ether oxygens (including phenoxy) is 1. The summed E-state index contributed by atoms with van der Waals surface area (Å²) in [5, 5.41) is 8.61. The van der Waals surface area contributed by atoms with E-state index in [1.165, 1.54) is 18.9 Å². The van der Waals surface area contributed by atoms with Crippen LogP contribution in [-0.4, -0.2) is 29.9 Å². The first-order valence-electron chi connectivity index (χ1n) is 5.06. The van der Waals surface area contributed by atoms with Gasteiger partial charge in [-0.3, -0.25) is 9.59 Å². The summed E-state index contributed by atoms with van der Waals surface area (Å²) >= 11 is 1.47. The molecule has 0 atom stereocenters. The molecule has 0 fully saturated rings. The van der Waals surface area contributed by atoms with E-state index in [2.05, 4.69) is 4.74 Å². The maximum absolute atomic E-state index is 10.9. The first-order chi connectivity index (χ1) is 8.11. The van der Waals surface area contributed by atoms with Crippen LogP contribution in [0.5, 0.6) is 0 Å². The third-order valence-corrected chi connectivity index (χ3v) is 3.07. The van der Waals surface area contributed by atoms with Crippen LogP contribution in [0, 0.1) is 0 Å². The predicted octanol–water partition coefficient (Wildman–Crippen LogP) is 1.72. The number of thioether (sulfide) groups is 1. The molecule has 1 aromatic carbocycles. The summed E-state index contributed by atoms with van der Waals surface area (Å²) in [7, 11) is 1.36. The number of rotatable bonds is 6. The Labute approximate surface area is 104 Å². The van der Waals surface area contributed by atoms with Crippen molar-refractivity contribution < 1.29 is 19.4 Å². The molecule has 0 bridgehead atoms. The SMILES string of the molecule is COC(=O)CSCc1ccc(CC(=O)O)cc1. The number of hydrogen-bond donors (Lipinski definition) is 1. The molecular formula is C12H14O4S. The zero-order valence-corrected chi connectivity index (χ0v) is 10.3. The number of benzene rings is 1. The van der Waals surface area contributed by atoms with Crippen molar-refractivity contribution in [3.63, 3.8) is 0 Å². The largest absolute Gasteiger partial charge is 0.481 e. The summed E-state index contributed by atoms with van der Waals surface area (Å²) in [4.78, 5) is 21.3. The standard InChI is InChI=1S/C12H14O4S/c1-16-12(15)8-17-7-10-4-2-9(3-5-10)6-11(13)14/h2-5H,6-8H2,1H3,(H,13,14). The number of hydrogen-bond acceptors (Lipinski definition) is 4. The van der Waals surface area contributed by atoms with Gasteiger partial charge in [-0.25, -0.2) is 0 Å². The van der Waals surface area contributed by atoms with Crippen LogP contribution in [0.3, 0.4) is 0 Å². The van der Waals surface area contributed by atoms with Gasteiger partial charge in [0.15, 0.2) is 0 Å². The second-order valence-corrected chi connectivity index (χ2v) is 4.44. The molecule has 4 nitrogen and oxygen atoms in total. The summed E-state index contributed by atoms with van der Waals surface area (Å²) in [6.45, 7) is 0. The summed E-state index contributed by atoms with van der Waals surface area (Å²) < 4.78 is 4.53. The molecule has 0 aromatic heterocycles. The van der Waals surface area contributed by atoms with Gasteiger partial charge in [0.2, 0.25) is 0 Å². The lowest BCUT2D eigenvalue weighted by Crippen LogP contribution is -2.03. The van der Waals surface area contributed by atoms with Crippen LogP contribution >= 0.6 is 11.8 Å². The minimum Gasteiger partial charge on any atom is -0.481 e. The number of carbonyl (C=O) groups is 2. The van der Waals surface area contributed by atoms with E-state index in [1.807, 2.05) is 12.1 Å². The van der Waals surface area contributed by atoms with Crippen molar-refractivity contribution in [2.24, 2.45) is 0 Å². The van der Waals surface area contributed by atoms with E-state index in [0.717, 1.165) is 11.1 Å². The van der Waals surface area contributed by atoms with Gasteiger partial charge in [0.05, 0.1) is 19.3 Å². The second-order valence-electron chi connectivity index (χ2n) is 3.46. The number of methoxy groups -OCH3 is 1. The molecule has 0 amide bonds. The first kappa shape index (κ1) is 13.6. The minimum atomic E-state index is -0.835. The van der Waals surface area contributed by atoms with Crippen LogP contribution in [0.2, 0.25) is 0 Å². The predicted molar refractivity (Wildman–Crippen MR) is 66.0 cm³/mol. The topological polar surface area (TPSA) is 63.6 Å². The van der Waals surface area contributed by atoms with Gasteiger partial charge in [-0.1, -0.05) is 24.3 Å². The Balaban J connectivity index is 2.40. The third-order valence-electron chi connectivity index (χ3n) is 2.09. The second kappa shape index (κ2) is 6.96. The van der Waals surface area contributed by atoms with Crippen molar-refractivity contribution in [2.75, 3.05) is 12.9 Å². The molecule has 0 saturated carbocycles. The average Bonchev–Trinajstić information content (AvgIpc) is 2.30. The molecular weight excluding hydrogens is 240 g/mol. The zero-order valence-electron chi connectivity index (χ0n) is 9.51. The van der Waals surface area contributed by atoms with Crippen LogP contribution in [0.15, 0.2) is 24.3 Å². The molecule has 0 aliphatic carbocycles. The van der Waals surface area contributed by atoms with Crippen LogP contribution in [0.25, 0.3) is 0 Å². The van der Waals surface area contributed by atoms with E-state index >= 15 is 0 Å². The van der Waals surface area contributed by atoms with E-state index in [4.69, 9.17) is 5.11 Å². The molecule has 0 heterocycles. The number of carbonyl (C=O) groups excluding carboxylic acids is 1. The summed E-state index contributed by atoms with van der Waals surface area (Å²) in [5.41, 5.74) is 1.84. The molecule has 0 aliphatic rings. The highest BCUT2D eigenvalue weighted by atomic mass is 32.2. The monoisotopic (exact) mass is 254 g/mol. The minimum absolute atomic E-state index is 0.0373.